The predicted molar refractivity (Wildman–Crippen MR) is 67.0 cm³/mol. The van der Waals surface area contributed by atoms with Gasteiger partial charge in [-0.05, 0) is 49.4 Å². The monoisotopic (exact) mass is 251 g/mol. The van der Waals surface area contributed by atoms with Gasteiger partial charge in [-0.2, -0.15) is 0 Å². The lowest BCUT2D eigenvalue weighted by molar-refractivity contribution is -0.137. The summed E-state index contributed by atoms with van der Waals surface area (Å²) in [5, 5.41) is 11.8. The van der Waals surface area contributed by atoms with Gasteiger partial charge in [-0.15, -0.1) is 0 Å². The van der Waals surface area contributed by atoms with Gasteiger partial charge in [0.15, 0.2) is 0 Å². The zero-order chi connectivity index (χ0) is 13.0. The number of carbonyl (C=O) groups is 1. The highest BCUT2D eigenvalue weighted by atomic mass is 19.1. The number of benzene rings is 1. The molecule has 0 spiro atoms. The molecule has 2 rings (SSSR count). The van der Waals surface area contributed by atoms with E-state index in [2.05, 4.69) is 5.32 Å². The standard InChI is InChI=1S/C14H18FNO2/c15-12-4-1-3-10(7-12)11-8-13(9-11)16-6-2-5-14(17)18/h1,3-4,7,11,13,16H,2,5-6,8-9H2,(H,17,18). The molecule has 0 heterocycles. The number of carboxylic acids is 1. The van der Waals surface area contributed by atoms with Crippen LogP contribution in [0.5, 0.6) is 0 Å². The number of rotatable bonds is 6. The number of nitrogens with one attached hydrogen (secondary N) is 1. The second-order valence-electron chi connectivity index (χ2n) is 4.87. The molecule has 1 aliphatic rings. The summed E-state index contributed by atoms with van der Waals surface area (Å²) in [5.41, 5.74) is 1.07. The third-order valence-electron chi connectivity index (χ3n) is 3.46. The van der Waals surface area contributed by atoms with Gasteiger partial charge in [0.25, 0.3) is 0 Å². The summed E-state index contributed by atoms with van der Waals surface area (Å²) in [6, 6.07) is 7.23. The van der Waals surface area contributed by atoms with Gasteiger partial charge in [-0.25, -0.2) is 4.39 Å². The molecule has 0 unspecified atom stereocenters. The van der Waals surface area contributed by atoms with Crippen LogP contribution >= 0.6 is 0 Å². The molecular formula is C14H18FNO2. The van der Waals surface area contributed by atoms with E-state index in [4.69, 9.17) is 5.11 Å². The Balaban J connectivity index is 1.66. The molecule has 1 aromatic rings. The van der Waals surface area contributed by atoms with Crippen LogP contribution in [0.3, 0.4) is 0 Å². The van der Waals surface area contributed by atoms with Crippen molar-refractivity contribution in [1.29, 1.82) is 0 Å². The van der Waals surface area contributed by atoms with Crippen LogP contribution in [0.15, 0.2) is 24.3 Å². The summed E-state index contributed by atoms with van der Waals surface area (Å²) < 4.78 is 13.0. The summed E-state index contributed by atoms with van der Waals surface area (Å²) in [6.45, 7) is 0.743. The van der Waals surface area contributed by atoms with Crippen LogP contribution < -0.4 is 5.32 Å². The topological polar surface area (TPSA) is 49.3 Å². The highest BCUT2D eigenvalue weighted by Gasteiger charge is 2.29. The fourth-order valence-electron chi connectivity index (χ4n) is 2.36. The molecule has 0 radical (unpaired) electrons. The lowest BCUT2D eigenvalue weighted by Crippen LogP contribution is -2.40. The molecule has 1 aliphatic carbocycles. The second kappa shape index (κ2) is 5.96. The summed E-state index contributed by atoms with van der Waals surface area (Å²) in [4.78, 5) is 10.3. The van der Waals surface area contributed by atoms with Crippen LogP contribution in [0.25, 0.3) is 0 Å². The van der Waals surface area contributed by atoms with Crippen molar-refractivity contribution < 1.29 is 14.3 Å². The summed E-state index contributed by atoms with van der Waals surface area (Å²) in [7, 11) is 0. The van der Waals surface area contributed by atoms with Crippen LogP contribution in [0.4, 0.5) is 4.39 Å². The van der Waals surface area contributed by atoms with Crippen molar-refractivity contribution in [2.45, 2.75) is 37.6 Å². The first-order valence-corrected chi connectivity index (χ1v) is 6.36. The van der Waals surface area contributed by atoms with Crippen molar-refractivity contribution in [3.63, 3.8) is 0 Å². The van der Waals surface area contributed by atoms with Crippen molar-refractivity contribution in [3.8, 4) is 0 Å². The third kappa shape index (κ3) is 3.53. The first kappa shape index (κ1) is 13.0. The van der Waals surface area contributed by atoms with Gasteiger partial charge in [-0.3, -0.25) is 4.79 Å². The molecule has 2 N–H and O–H groups in total. The minimum absolute atomic E-state index is 0.176. The first-order valence-electron chi connectivity index (χ1n) is 6.36. The van der Waals surface area contributed by atoms with E-state index in [9.17, 15) is 9.18 Å². The largest absolute Gasteiger partial charge is 0.481 e. The molecule has 0 saturated heterocycles. The van der Waals surface area contributed by atoms with E-state index in [0.29, 0.717) is 18.4 Å². The average molecular weight is 251 g/mol. The number of halogens is 1. The van der Waals surface area contributed by atoms with Crippen LogP contribution in [-0.2, 0) is 4.79 Å². The van der Waals surface area contributed by atoms with Gasteiger partial charge < -0.3 is 10.4 Å². The fraction of sp³-hybridized carbons (Fsp3) is 0.500. The lowest BCUT2D eigenvalue weighted by atomic mass is 9.76. The minimum atomic E-state index is -0.747. The zero-order valence-electron chi connectivity index (χ0n) is 10.2. The Morgan fingerprint density at radius 1 is 1.44 bits per heavy atom. The number of carboxylic acid groups (broad SMARTS) is 1. The Morgan fingerprint density at radius 3 is 2.89 bits per heavy atom. The summed E-state index contributed by atoms with van der Waals surface area (Å²) >= 11 is 0. The van der Waals surface area contributed by atoms with Gasteiger partial charge in [0.1, 0.15) is 5.82 Å². The average Bonchev–Trinajstić information content (AvgIpc) is 2.25. The van der Waals surface area contributed by atoms with Crippen molar-refractivity contribution in [3.05, 3.63) is 35.6 Å². The Morgan fingerprint density at radius 2 is 2.22 bits per heavy atom. The third-order valence-corrected chi connectivity index (χ3v) is 3.46. The zero-order valence-corrected chi connectivity index (χ0v) is 10.2. The van der Waals surface area contributed by atoms with Crippen LogP contribution in [0, 0.1) is 5.82 Å². The molecule has 0 atom stereocenters. The highest BCUT2D eigenvalue weighted by molar-refractivity contribution is 5.66. The SMILES string of the molecule is O=C(O)CCCNC1CC(c2cccc(F)c2)C1. The Hall–Kier alpha value is -1.42. The number of hydrogen-bond donors (Lipinski definition) is 2. The lowest BCUT2D eigenvalue weighted by Gasteiger charge is -2.36. The first-order chi connectivity index (χ1) is 8.65. The molecule has 1 fully saturated rings. The van der Waals surface area contributed by atoms with Gasteiger partial charge in [0, 0.05) is 12.5 Å². The molecule has 1 saturated carbocycles. The van der Waals surface area contributed by atoms with E-state index in [1.165, 1.54) is 6.07 Å². The van der Waals surface area contributed by atoms with Crippen LogP contribution in [0.2, 0.25) is 0 Å². The van der Waals surface area contributed by atoms with E-state index in [-0.39, 0.29) is 12.2 Å². The van der Waals surface area contributed by atoms with Crippen LogP contribution in [-0.4, -0.2) is 23.7 Å². The van der Waals surface area contributed by atoms with Crippen molar-refractivity contribution in [2.75, 3.05) is 6.54 Å². The molecule has 4 heteroatoms. The molecule has 3 nitrogen and oxygen atoms in total. The highest BCUT2D eigenvalue weighted by Crippen LogP contribution is 2.36. The van der Waals surface area contributed by atoms with Gasteiger partial charge in [0.05, 0.1) is 0 Å². The van der Waals surface area contributed by atoms with Gasteiger partial charge in [-0.1, -0.05) is 12.1 Å². The molecule has 0 bridgehead atoms. The molecule has 1 aromatic carbocycles. The Labute approximate surface area is 106 Å². The van der Waals surface area contributed by atoms with Crippen molar-refractivity contribution in [1.82, 2.24) is 5.32 Å². The summed E-state index contributed by atoms with van der Waals surface area (Å²) in [6.07, 6.45) is 2.90. The Kier molecular flexibility index (Phi) is 4.31. The maximum atomic E-state index is 13.0. The number of aliphatic carboxylic acids is 1. The van der Waals surface area contributed by atoms with Crippen molar-refractivity contribution >= 4 is 5.97 Å². The summed E-state index contributed by atoms with van der Waals surface area (Å²) in [5.74, 6) is -0.480. The molecule has 0 aliphatic heterocycles. The minimum Gasteiger partial charge on any atom is -0.481 e. The van der Waals surface area contributed by atoms with Crippen molar-refractivity contribution in [2.24, 2.45) is 0 Å². The molecule has 0 aromatic heterocycles. The molecule has 18 heavy (non-hydrogen) atoms. The smallest absolute Gasteiger partial charge is 0.303 e. The maximum absolute atomic E-state index is 13.0. The quantitative estimate of drug-likeness (QED) is 0.764. The van der Waals surface area contributed by atoms with E-state index < -0.39 is 5.97 Å². The van der Waals surface area contributed by atoms with E-state index in [1.807, 2.05) is 6.07 Å². The van der Waals surface area contributed by atoms with E-state index in [0.717, 1.165) is 24.9 Å². The fourth-order valence-corrected chi connectivity index (χ4v) is 2.36. The van der Waals surface area contributed by atoms with E-state index in [1.54, 1.807) is 12.1 Å². The normalized spacial score (nSPS) is 22.5. The van der Waals surface area contributed by atoms with Crippen LogP contribution in [0.1, 0.15) is 37.2 Å². The second-order valence-corrected chi connectivity index (χ2v) is 4.87. The van der Waals surface area contributed by atoms with Gasteiger partial charge >= 0.3 is 5.97 Å². The number of hydrogen-bond acceptors (Lipinski definition) is 2. The molecule has 0 amide bonds. The van der Waals surface area contributed by atoms with Gasteiger partial charge in [0.2, 0.25) is 0 Å². The molecular weight excluding hydrogens is 233 g/mol. The predicted octanol–water partition coefficient (Wildman–Crippen LogP) is 2.53. The Bertz CT molecular complexity index is 416. The maximum Gasteiger partial charge on any atom is 0.303 e. The molecule has 98 valence electrons. The van der Waals surface area contributed by atoms with E-state index >= 15 is 0 Å².